The van der Waals surface area contributed by atoms with E-state index in [1.165, 1.54) is 10.4 Å². The molecule has 0 spiro atoms. The van der Waals surface area contributed by atoms with Crippen molar-refractivity contribution in [3.8, 4) is 5.75 Å². The van der Waals surface area contributed by atoms with Crippen LogP contribution in [0.25, 0.3) is 0 Å². The van der Waals surface area contributed by atoms with Crippen molar-refractivity contribution in [3.63, 3.8) is 0 Å². The number of ether oxygens (including phenoxy) is 1. The lowest BCUT2D eigenvalue weighted by Crippen LogP contribution is -2.11. The highest BCUT2D eigenvalue weighted by molar-refractivity contribution is 7.09. The monoisotopic (exact) mass is 379 g/mol. The Hall–Kier alpha value is -1.52. The molecule has 0 atom stereocenters. The summed E-state index contributed by atoms with van der Waals surface area (Å²) >= 11 is 7.90. The molecule has 0 saturated carbocycles. The number of hydrogen-bond donors (Lipinski definition) is 1. The summed E-state index contributed by atoms with van der Waals surface area (Å²) in [5, 5.41) is 6.28. The van der Waals surface area contributed by atoms with E-state index in [-0.39, 0.29) is 12.4 Å². The molecule has 0 unspecified atom stereocenters. The van der Waals surface area contributed by atoms with Crippen LogP contribution in [0.4, 0.5) is 0 Å². The third kappa shape index (κ3) is 5.53. The van der Waals surface area contributed by atoms with E-state index in [1.54, 1.807) is 11.3 Å². The second kappa shape index (κ2) is 9.70. The molecule has 126 valence electrons. The normalized spacial score (nSPS) is 10.2. The maximum Gasteiger partial charge on any atom is 0.119 e. The highest BCUT2D eigenvalue weighted by Crippen LogP contribution is 2.19. The van der Waals surface area contributed by atoms with Crippen LogP contribution in [0.5, 0.6) is 5.75 Å². The van der Waals surface area contributed by atoms with Gasteiger partial charge in [-0.3, -0.25) is 0 Å². The number of rotatable bonds is 7. The van der Waals surface area contributed by atoms with Crippen LogP contribution in [-0.4, -0.2) is 0 Å². The summed E-state index contributed by atoms with van der Waals surface area (Å²) in [4.78, 5) is 1.35. The minimum absolute atomic E-state index is 0. The molecule has 2 aromatic carbocycles. The van der Waals surface area contributed by atoms with Crippen LogP contribution < -0.4 is 10.1 Å². The molecule has 1 N–H and O–H groups in total. The molecule has 0 bridgehead atoms. The Balaban J connectivity index is 0.00000208. The minimum Gasteiger partial charge on any atom is -0.489 e. The first kappa shape index (κ1) is 18.8. The van der Waals surface area contributed by atoms with Gasteiger partial charge in [-0.25, -0.2) is 0 Å². The number of benzene rings is 2. The fourth-order valence-corrected chi connectivity index (χ4v) is 3.09. The van der Waals surface area contributed by atoms with E-state index in [0.717, 1.165) is 29.4 Å². The van der Waals surface area contributed by atoms with Crippen LogP contribution in [0.2, 0.25) is 5.02 Å². The fraction of sp³-hybridized carbons (Fsp3) is 0.158. The topological polar surface area (TPSA) is 21.3 Å². The molecule has 0 radical (unpaired) electrons. The summed E-state index contributed by atoms with van der Waals surface area (Å²) in [6.07, 6.45) is 0. The van der Waals surface area contributed by atoms with Crippen molar-refractivity contribution in [2.45, 2.75) is 19.7 Å². The van der Waals surface area contributed by atoms with Crippen molar-refractivity contribution in [3.05, 3.63) is 87.1 Å². The second-order valence-electron chi connectivity index (χ2n) is 5.21. The van der Waals surface area contributed by atoms with Gasteiger partial charge in [-0.1, -0.05) is 48.0 Å². The van der Waals surface area contributed by atoms with Crippen molar-refractivity contribution in [2.75, 3.05) is 0 Å². The lowest BCUT2D eigenvalue weighted by Gasteiger charge is -2.09. The number of thiophene rings is 1. The molecule has 24 heavy (non-hydrogen) atoms. The van der Waals surface area contributed by atoms with E-state index in [1.807, 2.05) is 36.4 Å². The predicted octanol–water partition coefficient (Wildman–Crippen LogP) is 5.69. The Morgan fingerprint density at radius 2 is 1.71 bits per heavy atom. The molecular weight excluding hydrogens is 361 g/mol. The highest BCUT2D eigenvalue weighted by Gasteiger charge is 2.01. The Morgan fingerprint density at radius 3 is 2.42 bits per heavy atom. The average molecular weight is 380 g/mol. The van der Waals surface area contributed by atoms with Gasteiger partial charge in [0, 0.05) is 28.6 Å². The van der Waals surface area contributed by atoms with Crippen molar-refractivity contribution >= 4 is 35.3 Å². The second-order valence-corrected chi connectivity index (χ2v) is 6.65. The molecule has 0 aliphatic rings. The zero-order valence-electron chi connectivity index (χ0n) is 13.1. The van der Waals surface area contributed by atoms with Crippen LogP contribution in [0.15, 0.2) is 66.0 Å². The Kier molecular flexibility index (Phi) is 7.60. The van der Waals surface area contributed by atoms with Crippen molar-refractivity contribution in [1.29, 1.82) is 0 Å². The van der Waals surface area contributed by atoms with Crippen molar-refractivity contribution < 1.29 is 4.74 Å². The van der Waals surface area contributed by atoms with E-state index < -0.39 is 0 Å². The third-order valence-corrected chi connectivity index (χ3v) is 4.73. The van der Waals surface area contributed by atoms with Crippen LogP contribution in [0.1, 0.15) is 16.0 Å². The molecule has 0 aliphatic carbocycles. The number of nitrogens with one attached hydrogen (secondary N) is 1. The van der Waals surface area contributed by atoms with Gasteiger partial charge in [-0.2, -0.15) is 0 Å². The predicted molar refractivity (Wildman–Crippen MR) is 104 cm³/mol. The van der Waals surface area contributed by atoms with Gasteiger partial charge >= 0.3 is 0 Å². The summed E-state index contributed by atoms with van der Waals surface area (Å²) in [5.41, 5.74) is 2.24. The molecular formula is C19H19Cl2NOS. The van der Waals surface area contributed by atoms with Crippen molar-refractivity contribution in [1.82, 2.24) is 5.32 Å². The highest BCUT2D eigenvalue weighted by atomic mass is 35.5. The van der Waals surface area contributed by atoms with E-state index >= 15 is 0 Å². The van der Waals surface area contributed by atoms with E-state index in [2.05, 4.69) is 35.0 Å². The maximum absolute atomic E-state index is 6.13. The molecule has 5 heteroatoms. The van der Waals surface area contributed by atoms with Gasteiger partial charge in [-0.15, -0.1) is 23.7 Å². The van der Waals surface area contributed by atoms with Gasteiger partial charge in [0.2, 0.25) is 0 Å². The van der Waals surface area contributed by atoms with Gasteiger partial charge in [0.05, 0.1) is 0 Å². The van der Waals surface area contributed by atoms with Gasteiger partial charge in [0.1, 0.15) is 12.4 Å². The zero-order valence-corrected chi connectivity index (χ0v) is 15.5. The molecule has 3 rings (SSSR count). The summed E-state index contributed by atoms with van der Waals surface area (Å²) in [6, 6.07) is 20.1. The van der Waals surface area contributed by atoms with Gasteiger partial charge in [0.15, 0.2) is 0 Å². The number of halogens is 2. The molecule has 0 aliphatic heterocycles. The van der Waals surface area contributed by atoms with Crippen LogP contribution in [-0.2, 0) is 19.7 Å². The van der Waals surface area contributed by atoms with Crippen LogP contribution in [0.3, 0.4) is 0 Å². The van der Waals surface area contributed by atoms with Gasteiger partial charge in [0.25, 0.3) is 0 Å². The smallest absolute Gasteiger partial charge is 0.119 e. The molecule has 0 fully saturated rings. The first-order valence-corrected chi connectivity index (χ1v) is 8.75. The maximum atomic E-state index is 6.13. The van der Waals surface area contributed by atoms with E-state index in [4.69, 9.17) is 16.3 Å². The number of hydrogen-bond acceptors (Lipinski definition) is 3. The van der Waals surface area contributed by atoms with Gasteiger partial charge < -0.3 is 10.1 Å². The standard InChI is InChI=1S/C19H18ClNOS.ClH/c20-19-6-2-1-4-16(19)14-22-17-9-7-15(8-10-17)12-21-13-18-5-3-11-23-18;/h1-11,21H,12-14H2;1H. The Bertz CT molecular complexity index is 729. The van der Waals surface area contributed by atoms with Crippen LogP contribution >= 0.6 is 35.3 Å². The Morgan fingerprint density at radius 1 is 0.917 bits per heavy atom. The van der Waals surface area contributed by atoms with Crippen LogP contribution in [0, 0.1) is 0 Å². The largest absolute Gasteiger partial charge is 0.489 e. The van der Waals surface area contributed by atoms with Gasteiger partial charge in [-0.05, 0) is 35.2 Å². The first-order chi connectivity index (χ1) is 11.3. The first-order valence-electron chi connectivity index (χ1n) is 7.49. The molecule has 3 aromatic rings. The zero-order chi connectivity index (χ0) is 15.9. The summed E-state index contributed by atoms with van der Waals surface area (Å²) in [6.45, 7) is 2.24. The van der Waals surface area contributed by atoms with E-state index in [0.29, 0.717) is 6.61 Å². The molecule has 1 heterocycles. The lowest BCUT2D eigenvalue weighted by atomic mass is 10.2. The van der Waals surface area contributed by atoms with Crippen molar-refractivity contribution in [2.24, 2.45) is 0 Å². The Labute approximate surface area is 157 Å². The molecule has 2 nitrogen and oxygen atoms in total. The summed E-state index contributed by atoms with van der Waals surface area (Å²) in [7, 11) is 0. The molecule has 1 aromatic heterocycles. The van der Waals surface area contributed by atoms with E-state index in [9.17, 15) is 0 Å². The lowest BCUT2D eigenvalue weighted by molar-refractivity contribution is 0.306. The minimum atomic E-state index is 0. The molecule has 0 amide bonds. The average Bonchev–Trinajstić information content (AvgIpc) is 3.09. The molecule has 0 saturated heterocycles. The summed E-state index contributed by atoms with van der Waals surface area (Å²) in [5.74, 6) is 0.854. The fourth-order valence-electron chi connectivity index (χ4n) is 2.22. The summed E-state index contributed by atoms with van der Waals surface area (Å²) < 4.78 is 5.79. The SMILES string of the molecule is Cl.Clc1ccccc1COc1ccc(CNCc2cccs2)cc1. The quantitative estimate of drug-likeness (QED) is 0.568. The third-order valence-electron chi connectivity index (χ3n) is 3.48.